The Kier molecular flexibility index (Phi) is 27.2. The lowest BCUT2D eigenvalue weighted by Crippen LogP contribution is -2.40. The van der Waals surface area contributed by atoms with E-state index in [1.807, 2.05) is 166 Å². The third kappa shape index (κ3) is 42.6. The second-order valence-corrected chi connectivity index (χ2v) is 24.6. The van der Waals surface area contributed by atoms with Crippen LogP contribution in [-0.2, 0) is 61.6 Å². The summed E-state index contributed by atoms with van der Waals surface area (Å²) in [7, 11) is 0. The summed E-state index contributed by atoms with van der Waals surface area (Å²) in [6.07, 6.45) is -1.81. The van der Waals surface area contributed by atoms with Crippen LogP contribution in [0.4, 0.5) is 0 Å². The summed E-state index contributed by atoms with van der Waals surface area (Å²) in [4.78, 5) is 0. The van der Waals surface area contributed by atoms with E-state index in [4.69, 9.17) is 61.6 Å². The van der Waals surface area contributed by atoms with Gasteiger partial charge in [-0.05, 0) is 166 Å². The van der Waals surface area contributed by atoms with Gasteiger partial charge in [-0.3, -0.25) is 0 Å². The monoisotopic (exact) mass is 911 g/mol. The summed E-state index contributed by atoms with van der Waals surface area (Å²) in [5.74, 6) is 0. The van der Waals surface area contributed by atoms with Crippen molar-refractivity contribution >= 4 is 0 Å². The van der Waals surface area contributed by atoms with E-state index in [-0.39, 0.29) is 59.0 Å². The highest BCUT2D eigenvalue weighted by Gasteiger charge is 2.28. The van der Waals surface area contributed by atoms with Crippen LogP contribution < -0.4 is 0 Å². The van der Waals surface area contributed by atoms with Gasteiger partial charge in [-0.1, -0.05) is 0 Å². The average molecular weight is 911 g/mol. The van der Waals surface area contributed by atoms with Crippen LogP contribution in [0, 0.1) is 0 Å². The molecule has 0 radical (unpaired) electrons. The van der Waals surface area contributed by atoms with E-state index in [1.165, 1.54) is 0 Å². The lowest BCUT2D eigenvalue weighted by atomic mass is 10.1. The fourth-order valence-corrected chi connectivity index (χ4v) is 6.04. The molecule has 0 aromatic carbocycles. The minimum Gasteiger partial charge on any atom is -0.376 e. The molecule has 0 aliphatic carbocycles. The van der Waals surface area contributed by atoms with E-state index in [2.05, 4.69) is 0 Å². The minimum atomic E-state index is -0.425. The van der Waals surface area contributed by atoms with Crippen LogP contribution in [0.2, 0.25) is 0 Å². The lowest BCUT2D eigenvalue weighted by molar-refractivity contribution is -0.172. The van der Waals surface area contributed by atoms with Crippen molar-refractivity contribution < 1.29 is 61.6 Å². The molecule has 13 heteroatoms. The predicted octanol–water partition coefficient (Wildman–Crippen LogP) is 9.80. The topological polar surface area (TPSA) is 120 Å². The molecule has 0 fully saturated rings. The Morgan fingerprint density at radius 2 is 0.317 bits per heavy atom. The van der Waals surface area contributed by atoms with Crippen molar-refractivity contribution in [3.63, 3.8) is 0 Å². The molecule has 0 aliphatic heterocycles. The fourth-order valence-electron chi connectivity index (χ4n) is 6.04. The highest BCUT2D eigenvalue weighted by Crippen LogP contribution is 2.20. The molecule has 0 bridgehead atoms. The smallest absolute Gasteiger partial charge is 0.105 e. The molecular weight excluding hydrogens is 809 g/mol. The van der Waals surface area contributed by atoms with Crippen LogP contribution in [0.1, 0.15) is 166 Å². The Balaban J connectivity index is 5.61. The summed E-state index contributed by atoms with van der Waals surface area (Å²) in [6.45, 7) is 52.7. The first-order valence-corrected chi connectivity index (χ1v) is 23.4. The van der Waals surface area contributed by atoms with E-state index in [0.717, 1.165) is 0 Å². The van der Waals surface area contributed by atoms with E-state index in [1.54, 1.807) is 0 Å². The largest absolute Gasteiger partial charge is 0.376 e. The first kappa shape index (κ1) is 62.5. The lowest BCUT2D eigenvalue weighted by Gasteiger charge is -2.32. The van der Waals surface area contributed by atoms with Crippen LogP contribution in [0.15, 0.2) is 0 Å². The minimum absolute atomic E-state index is 0.234. The second-order valence-electron chi connectivity index (χ2n) is 24.6. The van der Waals surface area contributed by atoms with Gasteiger partial charge in [0.1, 0.15) is 36.6 Å². The van der Waals surface area contributed by atoms with Crippen molar-refractivity contribution in [1.82, 2.24) is 0 Å². The summed E-state index contributed by atoms with van der Waals surface area (Å²) >= 11 is 0. The standard InChI is InChI=1S/C50H102O13/c1-43(2,3)56-35-41(62-49(19,20)21)33-54-31-39(60-47(13,14)15)29-52-27-37(58-45(7,8)9)25-51-26-38(59-46(10,11)12)28-53-30-40(61-48(16,17)18)32-55-34-42(63-50(22,23)24)36-57-44(4,5)6/h37-42H,25-36H2,1-24H3. The van der Waals surface area contributed by atoms with Crippen molar-refractivity contribution in [2.24, 2.45) is 0 Å². The number of ether oxygens (including phenoxy) is 13. The molecule has 0 rings (SSSR count). The molecule has 380 valence electrons. The Hall–Kier alpha value is -0.520. The normalized spacial score (nSPS) is 17.1. The first-order chi connectivity index (χ1) is 28.2. The van der Waals surface area contributed by atoms with Gasteiger partial charge in [-0.15, -0.1) is 0 Å². The van der Waals surface area contributed by atoms with Gasteiger partial charge in [0.05, 0.1) is 124 Å². The maximum absolute atomic E-state index is 6.42. The zero-order valence-corrected chi connectivity index (χ0v) is 45.3. The fraction of sp³-hybridized carbons (Fsp3) is 1.00. The van der Waals surface area contributed by atoms with Gasteiger partial charge < -0.3 is 61.6 Å². The van der Waals surface area contributed by atoms with Crippen molar-refractivity contribution in [3.05, 3.63) is 0 Å². The van der Waals surface area contributed by atoms with Crippen molar-refractivity contribution in [2.45, 2.75) is 248 Å². The molecule has 6 unspecified atom stereocenters. The van der Waals surface area contributed by atoms with Crippen LogP contribution in [0.25, 0.3) is 0 Å². The van der Waals surface area contributed by atoms with E-state index in [9.17, 15) is 0 Å². The maximum atomic E-state index is 6.42. The summed E-state index contributed by atoms with van der Waals surface area (Å²) in [5, 5.41) is 0. The first-order valence-electron chi connectivity index (χ1n) is 23.4. The molecule has 0 spiro atoms. The van der Waals surface area contributed by atoms with E-state index in [0.29, 0.717) is 79.3 Å². The van der Waals surface area contributed by atoms with Gasteiger partial charge in [0, 0.05) is 0 Å². The van der Waals surface area contributed by atoms with E-state index < -0.39 is 22.4 Å². The maximum Gasteiger partial charge on any atom is 0.105 e. The van der Waals surface area contributed by atoms with Crippen LogP contribution in [0.3, 0.4) is 0 Å². The highest BCUT2D eigenvalue weighted by atomic mass is 16.6. The van der Waals surface area contributed by atoms with Gasteiger partial charge in [0.15, 0.2) is 0 Å². The molecule has 0 saturated carbocycles. The Labute approximate surface area is 387 Å². The quantitative estimate of drug-likeness (QED) is 0.0681. The van der Waals surface area contributed by atoms with Gasteiger partial charge in [-0.25, -0.2) is 0 Å². The molecule has 0 aliphatic rings. The van der Waals surface area contributed by atoms with Gasteiger partial charge in [0.2, 0.25) is 0 Å². The molecule has 0 aromatic rings. The molecule has 63 heavy (non-hydrogen) atoms. The second kappa shape index (κ2) is 27.5. The van der Waals surface area contributed by atoms with Gasteiger partial charge >= 0.3 is 0 Å². The molecule has 0 heterocycles. The molecule has 0 saturated heterocycles. The van der Waals surface area contributed by atoms with E-state index >= 15 is 0 Å². The summed E-state index contributed by atoms with van der Waals surface area (Å²) in [5.41, 5.74) is -2.91. The van der Waals surface area contributed by atoms with Gasteiger partial charge in [0.25, 0.3) is 0 Å². The van der Waals surface area contributed by atoms with Crippen LogP contribution >= 0.6 is 0 Å². The summed E-state index contributed by atoms with van der Waals surface area (Å²) < 4.78 is 81.5. The third-order valence-electron chi connectivity index (χ3n) is 7.56. The average Bonchev–Trinajstić information content (AvgIpc) is 3.00. The SMILES string of the molecule is CC(C)(C)OCC(COCC(COCC(COCC(COCC(COCC(COC(C)(C)C)OC(C)(C)C)OC(C)(C)C)OC(C)(C)C)OC(C)(C)C)OC(C)(C)C)OC(C)(C)C. The molecule has 0 N–H and O–H groups in total. The Bertz CT molecular complexity index is 1060. The van der Waals surface area contributed by atoms with Crippen molar-refractivity contribution in [3.8, 4) is 0 Å². The van der Waals surface area contributed by atoms with Crippen molar-refractivity contribution in [1.29, 1.82) is 0 Å². The molecule has 13 nitrogen and oxygen atoms in total. The number of hydrogen-bond acceptors (Lipinski definition) is 13. The van der Waals surface area contributed by atoms with Gasteiger partial charge in [-0.2, -0.15) is 0 Å². The predicted molar refractivity (Wildman–Crippen MR) is 253 cm³/mol. The number of hydrogen-bond donors (Lipinski definition) is 0. The molecule has 6 atom stereocenters. The molecule has 0 amide bonds. The van der Waals surface area contributed by atoms with Crippen LogP contribution in [-0.4, -0.2) is 161 Å². The zero-order valence-electron chi connectivity index (χ0n) is 45.3. The van der Waals surface area contributed by atoms with Crippen LogP contribution in [0.5, 0.6) is 0 Å². The Morgan fingerprint density at radius 1 is 0.190 bits per heavy atom. The number of rotatable bonds is 30. The molecule has 0 aromatic heterocycles. The Morgan fingerprint density at radius 3 is 0.429 bits per heavy atom. The zero-order chi connectivity index (χ0) is 49.1. The third-order valence-corrected chi connectivity index (χ3v) is 7.56. The highest BCUT2D eigenvalue weighted by molar-refractivity contribution is 4.74. The molecular formula is C50H102O13. The van der Waals surface area contributed by atoms with Crippen molar-refractivity contribution in [2.75, 3.05) is 79.3 Å². The summed E-state index contributed by atoms with van der Waals surface area (Å²) in [6, 6.07) is 0.